The van der Waals surface area contributed by atoms with Crippen LogP contribution in [0.25, 0.3) is 129 Å². The molecule has 222 valence electrons. The van der Waals surface area contributed by atoms with E-state index in [9.17, 15) is 0 Å². The van der Waals surface area contributed by atoms with E-state index in [0.717, 1.165) is 0 Å². The van der Waals surface area contributed by atoms with Crippen molar-refractivity contribution in [2.24, 2.45) is 0 Å². The maximum Gasteiger partial charge on any atom is 0.0143 e. The van der Waals surface area contributed by atoms with Crippen LogP contribution in [0.5, 0.6) is 0 Å². The van der Waals surface area contributed by atoms with Crippen LogP contribution in [-0.4, -0.2) is 0 Å². The first kappa shape index (κ1) is 26.6. The lowest BCUT2D eigenvalue weighted by molar-refractivity contribution is 1.52. The lowest BCUT2D eigenvalue weighted by Gasteiger charge is -2.29. The Kier molecular flexibility index (Phi) is 4.54. The Hall–Kier alpha value is -3.27. The third-order valence-corrected chi connectivity index (χ3v) is 13.8. The van der Waals surface area contributed by atoms with Crippen LogP contribution in [-0.2, 0) is 0 Å². The van der Waals surface area contributed by atoms with Crippen LogP contribution in [0.2, 0.25) is 0 Å². The van der Waals surface area contributed by atoms with E-state index in [4.69, 9.17) is 0 Å². The number of hydrogen-bond donors (Lipinski definition) is 0. The predicted octanol–water partition coefficient (Wildman–Crippen LogP) is 14.9. The first-order chi connectivity index (χ1) is 23.3. The Balaban J connectivity index is 1.61. The normalized spacial score (nSPS) is 13.6. The largest absolute Gasteiger partial charge is 0.0507 e. The molecule has 0 amide bonds. The molecular formula is C45H21I3. The van der Waals surface area contributed by atoms with Crippen molar-refractivity contribution in [1.82, 2.24) is 0 Å². The number of halogens is 3. The number of hydrogen-bond acceptors (Lipinski definition) is 0. The molecule has 0 nitrogen and oxygen atoms in total. The van der Waals surface area contributed by atoms with Gasteiger partial charge in [-0.25, -0.2) is 0 Å². The fourth-order valence-electron chi connectivity index (χ4n) is 10.6. The summed E-state index contributed by atoms with van der Waals surface area (Å²) >= 11 is 7.69. The lowest BCUT2D eigenvalue weighted by atomic mass is 9.73. The van der Waals surface area contributed by atoms with Crippen molar-refractivity contribution in [2.45, 2.75) is 20.8 Å². The molecule has 0 atom stereocenters. The van der Waals surface area contributed by atoms with E-state index >= 15 is 0 Å². The van der Waals surface area contributed by atoms with Crippen molar-refractivity contribution in [1.29, 1.82) is 0 Å². The zero-order valence-corrected chi connectivity index (χ0v) is 32.5. The average molecular weight is 942 g/mol. The number of benzene rings is 13. The van der Waals surface area contributed by atoms with E-state index in [0.29, 0.717) is 0 Å². The first-order valence-corrected chi connectivity index (χ1v) is 19.7. The second kappa shape index (κ2) is 8.19. The SMILES string of the molecule is Cc1cc2c3cc(C)cc4c5cc(I)cc6c7cc(I)cc8c9cc(C)cc%10c%11cc(I)cc%12c(c1)c2c1c(c34)c(c56)c(c87)c(c%109)c1c%12%11. The summed E-state index contributed by atoms with van der Waals surface area (Å²) < 4.78 is 3.90. The fraction of sp³-hybridized carbons (Fsp3) is 0.0667. The minimum atomic E-state index is 1.30. The van der Waals surface area contributed by atoms with Gasteiger partial charge in [0.1, 0.15) is 0 Å². The van der Waals surface area contributed by atoms with E-state index in [1.165, 1.54) is 157 Å². The summed E-state index contributed by atoms with van der Waals surface area (Å²) in [4.78, 5) is 0. The number of aryl methyl sites for hydroxylation is 3. The molecule has 48 heavy (non-hydrogen) atoms. The second-order valence-corrected chi connectivity index (χ2v) is 18.3. The van der Waals surface area contributed by atoms with E-state index in [1.54, 1.807) is 0 Å². The third-order valence-electron chi connectivity index (χ3n) is 11.9. The summed E-state index contributed by atoms with van der Waals surface area (Å²) in [6.07, 6.45) is 0. The van der Waals surface area contributed by atoms with Gasteiger partial charge in [0, 0.05) is 10.7 Å². The van der Waals surface area contributed by atoms with Gasteiger partial charge in [-0.15, -0.1) is 0 Å². The summed E-state index contributed by atoms with van der Waals surface area (Å²) in [5.41, 5.74) is 3.98. The first-order valence-electron chi connectivity index (χ1n) is 16.5. The highest BCUT2D eigenvalue weighted by molar-refractivity contribution is 14.1. The second-order valence-electron chi connectivity index (χ2n) is 14.6. The Morgan fingerprint density at radius 2 is 0.375 bits per heavy atom. The smallest absolute Gasteiger partial charge is 0.0143 e. The molecule has 0 spiro atoms. The topological polar surface area (TPSA) is 0 Å². The highest BCUT2D eigenvalue weighted by Gasteiger charge is 2.32. The van der Waals surface area contributed by atoms with Crippen LogP contribution in [0.4, 0.5) is 0 Å². The molecule has 3 heteroatoms. The van der Waals surface area contributed by atoms with Crippen LogP contribution in [0.3, 0.4) is 0 Å². The van der Waals surface area contributed by atoms with Crippen LogP contribution >= 0.6 is 67.8 Å². The van der Waals surface area contributed by atoms with Crippen molar-refractivity contribution in [3.05, 3.63) is 100 Å². The highest BCUT2D eigenvalue weighted by atomic mass is 127. The molecule has 0 heterocycles. The molecule has 0 unspecified atom stereocenters. The van der Waals surface area contributed by atoms with Crippen molar-refractivity contribution < 1.29 is 0 Å². The summed E-state index contributed by atoms with van der Waals surface area (Å²) in [6.45, 7) is 6.86. The fourth-order valence-corrected chi connectivity index (χ4v) is 12.5. The summed E-state index contributed by atoms with van der Waals surface area (Å²) in [5.74, 6) is 0. The van der Waals surface area contributed by atoms with Crippen LogP contribution in [0.1, 0.15) is 16.7 Å². The quantitative estimate of drug-likeness (QED) is 0.0807. The standard InChI is InChI=1S/C45H21I3/c1-16-4-22-23-5-17(2)7-25-30-12-20(47)14-32-33-15-21(48)13-31-27-9-18(3)8-26-29-11-19(46)10-28-24(6-16)34(22)40-41(35(23)25)44(38(30)32)45(39(31)33)42(36(26)27)43(40)37(28)29/h4-15H,1-3H3. The van der Waals surface area contributed by atoms with Gasteiger partial charge in [0.15, 0.2) is 0 Å². The average Bonchev–Trinajstić information content (AvgIpc) is 3.05. The minimum Gasteiger partial charge on any atom is -0.0507 e. The van der Waals surface area contributed by atoms with E-state index in [2.05, 4.69) is 161 Å². The van der Waals surface area contributed by atoms with Gasteiger partial charge >= 0.3 is 0 Å². The molecule has 0 saturated carbocycles. The van der Waals surface area contributed by atoms with Gasteiger partial charge in [-0.3, -0.25) is 0 Å². The Bertz CT molecular complexity index is 2790. The molecule has 13 aromatic carbocycles. The molecule has 0 saturated heterocycles. The molecule has 0 aliphatic rings. The van der Waals surface area contributed by atoms with Gasteiger partial charge in [-0.1, -0.05) is 36.4 Å². The monoisotopic (exact) mass is 942 g/mol. The summed E-state index contributed by atoms with van der Waals surface area (Å²) in [7, 11) is 0. The van der Waals surface area contributed by atoms with Gasteiger partial charge in [0.05, 0.1) is 0 Å². The maximum absolute atomic E-state index is 2.56. The molecule has 0 bridgehead atoms. The number of rotatable bonds is 0. The van der Waals surface area contributed by atoms with Crippen molar-refractivity contribution in [2.75, 3.05) is 0 Å². The van der Waals surface area contributed by atoms with Crippen LogP contribution in [0, 0.1) is 31.5 Å². The van der Waals surface area contributed by atoms with E-state index in [-0.39, 0.29) is 0 Å². The molecule has 0 aliphatic heterocycles. The third kappa shape index (κ3) is 2.74. The van der Waals surface area contributed by atoms with Crippen LogP contribution < -0.4 is 0 Å². The van der Waals surface area contributed by atoms with Gasteiger partial charge in [0.2, 0.25) is 0 Å². The number of fused-ring (bicyclic) bond motifs is 6. The van der Waals surface area contributed by atoms with Crippen molar-refractivity contribution >= 4 is 197 Å². The van der Waals surface area contributed by atoms with Crippen LogP contribution in [0.15, 0.2) is 72.8 Å². The molecular weight excluding hydrogens is 921 g/mol. The van der Waals surface area contributed by atoms with Gasteiger partial charge in [-0.2, -0.15) is 0 Å². The van der Waals surface area contributed by atoms with Crippen molar-refractivity contribution in [3.63, 3.8) is 0 Å². The summed E-state index contributed by atoms with van der Waals surface area (Å²) in [6, 6.07) is 29.6. The molecule has 0 radical (unpaired) electrons. The Morgan fingerprint density at radius 1 is 0.229 bits per heavy atom. The Labute approximate surface area is 314 Å². The zero-order chi connectivity index (χ0) is 31.8. The molecule has 0 N–H and O–H groups in total. The van der Waals surface area contributed by atoms with E-state index < -0.39 is 0 Å². The Morgan fingerprint density at radius 3 is 0.542 bits per heavy atom. The van der Waals surface area contributed by atoms with Gasteiger partial charge in [-0.05, 0) is 271 Å². The lowest BCUT2D eigenvalue weighted by Crippen LogP contribution is -2.01. The van der Waals surface area contributed by atoms with E-state index in [1.807, 2.05) is 0 Å². The van der Waals surface area contributed by atoms with Gasteiger partial charge in [0.25, 0.3) is 0 Å². The molecule has 0 fully saturated rings. The zero-order valence-electron chi connectivity index (χ0n) is 26.1. The minimum absolute atomic E-state index is 1.30. The molecule has 13 aromatic rings. The van der Waals surface area contributed by atoms with Crippen molar-refractivity contribution in [3.8, 4) is 0 Å². The highest BCUT2D eigenvalue weighted by Crippen LogP contribution is 2.60. The van der Waals surface area contributed by atoms with Gasteiger partial charge < -0.3 is 0 Å². The predicted molar refractivity (Wildman–Crippen MR) is 236 cm³/mol. The summed E-state index contributed by atoms with van der Waals surface area (Å²) in [5, 5.41) is 34.3. The molecule has 0 aromatic heterocycles. The maximum atomic E-state index is 2.56. The molecule has 0 aliphatic carbocycles. The molecule has 13 rings (SSSR count).